The number of halogens is 1. The summed E-state index contributed by atoms with van der Waals surface area (Å²) in [6.07, 6.45) is 3.23. The highest BCUT2D eigenvalue weighted by molar-refractivity contribution is 6.35. The normalized spacial score (nSPS) is 10.4. The molecule has 2 aromatic heterocycles. The van der Waals surface area contributed by atoms with E-state index in [1.54, 1.807) is 24.5 Å². The molecule has 2 N–H and O–H groups in total. The highest BCUT2D eigenvalue weighted by Gasteiger charge is 2.01. The zero-order chi connectivity index (χ0) is 8.55. The molecule has 0 aromatic carbocycles. The quantitative estimate of drug-likeness (QED) is 0.672. The van der Waals surface area contributed by atoms with Gasteiger partial charge in [-0.05, 0) is 12.1 Å². The second kappa shape index (κ2) is 2.60. The van der Waals surface area contributed by atoms with Gasteiger partial charge in [0, 0.05) is 17.8 Å². The number of hydrogen-bond donors (Lipinski definition) is 1. The van der Waals surface area contributed by atoms with Gasteiger partial charge in [-0.15, -0.1) is 0 Å². The average Bonchev–Trinajstić information content (AvgIpc) is 2.07. The van der Waals surface area contributed by atoms with Crippen molar-refractivity contribution in [3.05, 3.63) is 29.5 Å². The smallest absolute Gasteiger partial charge is 0.149 e. The number of nitrogen functional groups attached to an aromatic ring is 1. The van der Waals surface area contributed by atoms with Crippen LogP contribution in [0.4, 0.5) is 5.82 Å². The van der Waals surface area contributed by atoms with Crippen molar-refractivity contribution < 1.29 is 0 Å². The number of nitrogens with zero attached hydrogens (tertiary/aromatic N) is 2. The van der Waals surface area contributed by atoms with Gasteiger partial charge in [0.25, 0.3) is 0 Å². The number of fused-ring (bicyclic) bond motifs is 1. The lowest BCUT2D eigenvalue weighted by Gasteiger charge is -1.99. The summed E-state index contributed by atoms with van der Waals surface area (Å²) < 4.78 is 0. The summed E-state index contributed by atoms with van der Waals surface area (Å²) in [4.78, 5) is 7.97. The maximum Gasteiger partial charge on any atom is 0.149 e. The molecule has 12 heavy (non-hydrogen) atoms. The first-order chi connectivity index (χ1) is 5.79. The molecule has 0 saturated carbocycles. The molecule has 0 amide bonds. The number of nitrogens with two attached hydrogens (primary N) is 1. The van der Waals surface area contributed by atoms with Crippen LogP contribution in [0.5, 0.6) is 0 Å². The third-order valence-corrected chi connectivity index (χ3v) is 1.96. The van der Waals surface area contributed by atoms with Gasteiger partial charge in [0.05, 0.1) is 5.02 Å². The molecular formula is C8H6ClN3. The molecule has 2 aromatic rings. The van der Waals surface area contributed by atoms with Gasteiger partial charge in [-0.3, -0.25) is 4.98 Å². The van der Waals surface area contributed by atoms with E-state index in [4.69, 9.17) is 17.3 Å². The molecule has 0 spiro atoms. The largest absolute Gasteiger partial charge is 0.382 e. The number of rotatable bonds is 0. The number of aromatic nitrogens is 2. The zero-order valence-corrected chi connectivity index (χ0v) is 6.92. The number of pyridine rings is 2. The van der Waals surface area contributed by atoms with Gasteiger partial charge >= 0.3 is 0 Å². The minimum atomic E-state index is 0.412. The van der Waals surface area contributed by atoms with E-state index in [9.17, 15) is 0 Å². The highest BCUT2D eigenvalue weighted by Crippen LogP contribution is 2.23. The molecule has 0 atom stereocenters. The topological polar surface area (TPSA) is 51.8 Å². The average molecular weight is 180 g/mol. The molecule has 0 aliphatic heterocycles. The van der Waals surface area contributed by atoms with Gasteiger partial charge in [-0.2, -0.15) is 0 Å². The van der Waals surface area contributed by atoms with Crippen LogP contribution >= 0.6 is 11.6 Å². The summed E-state index contributed by atoms with van der Waals surface area (Å²) in [6, 6.07) is 3.52. The molecule has 2 rings (SSSR count). The summed E-state index contributed by atoms with van der Waals surface area (Å²) in [5.74, 6) is 0.412. The molecule has 2 heterocycles. The molecule has 4 heteroatoms. The Kier molecular flexibility index (Phi) is 1.59. The Bertz CT molecular complexity index is 386. The van der Waals surface area contributed by atoms with Gasteiger partial charge in [-0.1, -0.05) is 11.6 Å². The third-order valence-electron chi connectivity index (χ3n) is 1.63. The lowest BCUT2D eigenvalue weighted by Crippen LogP contribution is -1.92. The highest BCUT2D eigenvalue weighted by atomic mass is 35.5. The fourth-order valence-electron chi connectivity index (χ4n) is 1.07. The molecule has 60 valence electrons. The van der Waals surface area contributed by atoms with Crippen LogP contribution in [0, 0.1) is 0 Å². The third kappa shape index (κ3) is 0.987. The van der Waals surface area contributed by atoms with Crippen LogP contribution in [0.2, 0.25) is 5.02 Å². The van der Waals surface area contributed by atoms with Crippen molar-refractivity contribution in [3.8, 4) is 0 Å². The predicted molar refractivity (Wildman–Crippen MR) is 49.0 cm³/mol. The van der Waals surface area contributed by atoms with E-state index >= 15 is 0 Å². The minimum absolute atomic E-state index is 0.412. The molecule has 0 fully saturated rings. The zero-order valence-electron chi connectivity index (χ0n) is 6.16. The van der Waals surface area contributed by atoms with Crippen molar-refractivity contribution in [2.45, 2.75) is 0 Å². The number of anilines is 1. The van der Waals surface area contributed by atoms with Gasteiger partial charge in [-0.25, -0.2) is 4.98 Å². The Labute approximate surface area is 74.2 Å². The molecule has 0 aliphatic rings. The van der Waals surface area contributed by atoms with E-state index in [1.807, 2.05) is 0 Å². The van der Waals surface area contributed by atoms with Crippen LogP contribution in [0.15, 0.2) is 24.5 Å². The molecule has 0 bridgehead atoms. The summed E-state index contributed by atoms with van der Waals surface area (Å²) in [6.45, 7) is 0. The van der Waals surface area contributed by atoms with Crippen molar-refractivity contribution in [3.63, 3.8) is 0 Å². The Balaban J connectivity index is 2.94. The maximum atomic E-state index is 5.91. The monoisotopic (exact) mass is 179 g/mol. The molecule has 3 nitrogen and oxygen atoms in total. The Morgan fingerprint density at radius 1 is 1.17 bits per heavy atom. The Morgan fingerprint density at radius 3 is 2.67 bits per heavy atom. The van der Waals surface area contributed by atoms with E-state index in [1.165, 1.54) is 0 Å². The van der Waals surface area contributed by atoms with Crippen LogP contribution in [0.25, 0.3) is 10.9 Å². The van der Waals surface area contributed by atoms with Gasteiger partial charge in [0.15, 0.2) is 0 Å². The van der Waals surface area contributed by atoms with Crippen molar-refractivity contribution in [2.75, 3.05) is 5.73 Å². The summed E-state index contributed by atoms with van der Waals surface area (Å²) >= 11 is 5.91. The van der Waals surface area contributed by atoms with Crippen LogP contribution in [-0.2, 0) is 0 Å². The van der Waals surface area contributed by atoms with Crippen molar-refractivity contribution >= 4 is 28.3 Å². The van der Waals surface area contributed by atoms with Crippen LogP contribution in [0.1, 0.15) is 0 Å². The molecule has 0 unspecified atom stereocenters. The second-order valence-electron chi connectivity index (χ2n) is 2.39. The van der Waals surface area contributed by atoms with E-state index in [-0.39, 0.29) is 0 Å². The van der Waals surface area contributed by atoms with E-state index < -0.39 is 0 Å². The Morgan fingerprint density at radius 2 is 1.92 bits per heavy atom. The molecule has 0 aliphatic carbocycles. The summed E-state index contributed by atoms with van der Waals surface area (Å²) in [5, 5.41) is 1.49. The Hall–Kier alpha value is -1.35. The maximum absolute atomic E-state index is 5.91. The van der Waals surface area contributed by atoms with E-state index in [2.05, 4.69) is 9.97 Å². The lowest BCUT2D eigenvalue weighted by molar-refractivity contribution is 1.32. The first-order valence-corrected chi connectivity index (χ1v) is 3.81. The minimum Gasteiger partial charge on any atom is -0.382 e. The van der Waals surface area contributed by atoms with Crippen molar-refractivity contribution in [1.82, 2.24) is 9.97 Å². The standard InChI is InChI=1S/C8H6ClN3/c9-6-2-4-11-7-5(6)1-3-12-8(7)10/h1-4H,(H2,10,12). The van der Waals surface area contributed by atoms with Crippen LogP contribution < -0.4 is 5.73 Å². The van der Waals surface area contributed by atoms with Crippen LogP contribution in [0.3, 0.4) is 0 Å². The van der Waals surface area contributed by atoms with E-state index in [0.717, 1.165) is 5.39 Å². The fraction of sp³-hybridized carbons (Fsp3) is 0. The van der Waals surface area contributed by atoms with Crippen molar-refractivity contribution in [1.29, 1.82) is 0 Å². The molecule has 0 radical (unpaired) electrons. The predicted octanol–water partition coefficient (Wildman–Crippen LogP) is 1.87. The van der Waals surface area contributed by atoms with Crippen molar-refractivity contribution in [2.24, 2.45) is 0 Å². The molecule has 0 saturated heterocycles. The number of hydrogen-bond acceptors (Lipinski definition) is 3. The first-order valence-electron chi connectivity index (χ1n) is 3.44. The second-order valence-corrected chi connectivity index (χ2v) is 2.79. The van der Waals surface area contributed by atoms with Crippen LogP contribution in [-0.4, -0.2) is 9.97 Å². The fourth-order valence-corrected chi connectivity index (χ4v) is 1.27. The van der Waals surface area contributed by atoms with Gasteiger partial charge < -0.3 is 5.73 Å². The van der Waals surface area contributed by atoms with Gasteiger partial charge in [0.1, 0.15) is 11.3 Å². The first kappa shape index (κ1) is 7.31. The lowest BCUT2D eigenvalue weighted by atomic mass is 10.2. The van der Waals surface area contributed by atoms with E-state index in [0.29, 0.717) is 16.4 Å². The molecular weight excluding hydrogens is 174 g/mol. The summed E-state index contributed by atoms with van der Waals surface area (Å²) in [7, 11) is 0. The SMILES string of the molecule is Nc1nccc2c(Cl)ccnc12. The summed E-state index contributed by atoms with van der Waals surface area (Å²) in [5.41, 5.74) is 6.25. The van der Waals surface area contributed by atoms with Gasteiger partial charge in [0.2, 0.25) is 0 Å².